The number of hydrogen-bond donors (Lipinski definition) is 4. The molecule has 2 aromatic carbocycles. The van der Waals surface area contributed by atoms with E-state index in [0.29, 0.717) is 58.3 Å². The van der Waals surface area contributed by atoms with Crippen LogP contribution in [-0.2, 0) is 32.0 Å². The van der Waals surface area contributed by atoms with E-state index < -0.39 is 23.9 Å². The number of nitrogens with one attached hydrogen (secondary N) is 2. The SMILES string of the molecule is CC(C)C[C@@H](NC(=O)[C@H](CC(=O)[C@H](N)Cc1ccccc1)Cc1ccccc1)C(=O)C[C@H](CCCN)C(=O)N1CCCN(C2=NCCN2)CC1. The molecule has 11 heteroatoms. The van der Waals surface area contributed by atoms with Crippen LogP contribution in [0.4, 0.5) is 0 Å². The lowest BCUT2D eigenvalue weighted by molar-refractivity contribution is -0.139. The number of rotatable bonds is 18. The second-order valence-corrected chi connectivity index (χ2v) is 14.1. The molecule has 0 aliphatic carbocycles. The lowest BCUT2D eigenvalue weighted by Crippen LogP contribution is -2.47. The number of guanidine groups is 1. The second-order valence-electron chi connectivity index (χ2n) is 14.1. The van der Waals surface area contributed by atoms with Crippen LogP contribution in [0, 0.1) is 17.8 Å². The highest BCUT2D eigenvalue weighted by Crippen LogP contribution is 2.22. The van der Waals surface area contributed by atoms with Crippen LogP contribution >= 0.6 is 0 Å². The Morgan fingerprint density at radius 2 is 1.52 bits per heavy atom. The molecular formula is C39H57N7O4. The fourth-order valence-corrected chi connectivity index (χ4v) is 6.83. The Bertz CT molecular complexity index is 1420. The predicted molar refractivity (Wildman–Crippen MR) is 197 cm³/mol. The molecule has 2 heterocycles. The normalized spacial score (nSPS) is 17.3. The minimum Gasteiger partial charge on any atom is -0.354 e. The van der Waals surface area contributed by atoms with Gasteiger partial charge < -0.3 is 31.9 Å². The fraction of sp³-hybridized carbons (Fsp3) is 0.564. The number of aliphatic imine (C=N–C) groups is 1. The Morgan fingerprint density at radius 1 is 0.860 bits per heavy atom. The van der Waals surface area contributed by atoms with Crippen molar-refractivity contribution < 1.29 is 19.2 Å². The summed E-state index contributed by atoms with van der Waals surface area (Å²) in [6, 6.07) is 17.6. The van der Waals surface area contributed by atoms with Crippen LogP contribution in [0.2, 0.25) is 0 Å². The minimum absolute atomic E-state index is 0.0230. The lowest BCUT2D eigenvalue weighted by Gasteiger charge is -2.28. The molecule has 0 saturated carbocycles. The van der Waals surface area contributed by atoms with E-state index >= 15 is 0 Å². The quantitative estimate of drug-likeness (QED) is 0.186. The summed E-state index contributed by atoms with van der Waals surface area (Å²) in [5, 5.41) is 6.35. The van der Waals surface area contributed by atoms with Crippen LogP contribution in [0.5, 0.6) is 0 Å². The van der Waals surface area contributed by atoms with Crippen LogP contribution in [0.1, 0.15) is 63.5 Å². The maximum absolute atomic E-state index is 14.0. The van der Waals surface area contributed by atoms with Gasteiger partial charge in [0.1, 0.15) is 0 Å². The number of hydrogen-bond acceptors (Lipinski definition) is 9. The molecule has 6 N–H and O–H groups in total. The van der Waals surface area contributed by atoms with Crippen LogP contribution in [0.15, 0.2) is 65.7 Å². The third kappa shape index (κ3) is 12.1. The van der Waals surface area contributed by atoms with E-state index in [-0.39, 0.29) is 42.1 Å². The fourth-order valence-electron chi connectivity index (χ4n) is 6.83. The summed E-state index contributed by atoms with van der Waals surface area (Å²) in [6.45, 7) is 8.68. The van der Waals surface area contributed by atoms with Crippen molar-refractivity contribution in [3.05, 3.63) is 71.8 Å². The molecule has 2 aliphatic heterocycles. The molecular weight excluding hydrogens is 630 g/mol. The molecule has 272 valence electrons. The van der Waals surface area contributed by atoms with Crippen molar-refractivity contribution in [1.82, 2.24) is 20.4 Å². The van der Waals surface area contributed by atoms with Gasteiger partial charge in [-0.1, -0.05) is 74.5 Å². The van der Waals surface area contributed by atoms with Gasteiger partial charge in [-0.05, 0) is 62.1 Å². The van der Waals surface area contributed by atoms with Crippen LogP contribution in [0.25, 0.3) is 0 Å². The Morgan fingerprint density at radius 3 is 2.14 bits per heavy atom. The monoisotopic (exact) mass is 687 g/mol. The van der Waals surface area contributed by atoms with Gasteiger partial charge in [0.2, 0.25) is 11.8 Å². The van der Waals surface area contributed by atoms with Crippen LogP contribution in [-0.4, -0.2) is 97.0 Å². The van der Waals surface area contributed by atoms with Gasteiger partial charge in [0.25, 0.3) is 0 Å². The summed E-state index contributed by atoms with van der Waals surface area (Å²) in [5.74, 6) is -0.985. The molecule has 4 rings (SSSR count). The van der Waals surface area contributed by atoms with E-state index in [0.717, 1.165) is 43.1 Å². The first-order valence-electron chi connectivity index (χ1n) is 18.4. The largest absolute Gasteiger partial charge is 0.354 e. The van der Waals surface area contributed by atoms with Crippen molar-refractivity contribution >= 4 is 29.3 Å². The molecule has 0 aromatic heterocycles. The van der Waals surface area contributed by atoms with Gasteiger partial charge in [-0.3, -0.25) is 24.2 Å². The first-order valence-corrected chi connectivity index (χ1v) is 18.4. The van der Waals surface area contributed by atoms with E-state index in [1.165, 1.54) is 0 Å². The number of amides is 2. The Kier molecular flexibility index (Phi) is 15.4. The van der Waals surface area contributed by atoms with Gasteiger partial charge in [-0.2, -0.15) is 0 Å². The topological polar surface area (TPSA) is 163 Å². The van der Waals surface area contributed by atoms with Crippen LogP contribution in [0.3, 0.4) is 0 Å². The van der Waals surface area contributed by atoms with Crippen molar-refractivity contribution in [1.29, 1.82) is 0 Å². The highest BCUT2D eigenvalue weighted by molar-refractivity contribution is 5.95. The molecule has 4 atom stereocenters. The third-order valence-corrected chi connectivity index (χ3v) is 9.58. The molecule has 1 saturated heterocycles. The number of carbonyl (C=O) groups excluding carboxylic acids is 4. The molecule has 2 amide bonds. The van der Waals surface area contributed by atoms with E-state index in [4.69, 9.17) is 11.5 Å². The van der Waals surface area contributed by atoms with Gasteiger partial charge in [-0.25, -0.2) is 0 Å². The van der Waals surface area contributed by atoms with Crippen molar-refractivity contribution in [2.75, 3.05) is 45.8 Å². The maximum atomic E-state index is 14.0. The van der Waals surface area contributed by atoms with Crippen molar-refractivity contribution in [2.24, 2.45) is 34.2 Å². The average molecular weight is 688 g/mol. The summed E-state index contributed by atoms with van der Waals surface area (Å²) in [7, 11) is 0. The summed E-state index contributed by atoms with van der Waals surface area (Å²) in [4.78, 5) is 64.0. The van der Waals surface area contributed by atoms with Crippen molar-refractivity contribution in [3.63, 3.8) is 0 Å². The zero-order valence-corrected chi connectivity index (χ0v) is 29.9. The summed E-state index contributed by atoms with van der Waals surface area (Å²) in [6.07, 6.45) is 3.07. The Labute approximate surface area is 297 Å². The first kappa shape index (κ1) is 38.7. The zero-order valence-electron chi connectivity index (χ0n) is 29.9. The summed E-state index contributed by atoms with van der Waals surface area (Å²) in [5.41, 5.74) is 14.1. The summed E-state index contributed by atoms with van der Waals surface area (Å²) >= 11 is 0. The molecule has 50 heavy (non-hydrogen) atoms. The Balaban J connectivity index is 1.45. The van der Waals surface area contributed by atoms with E-state index in [1.54, 1.807) is 0 Å². The Hall–Kier alpha value is -4.09. The van der Waals surface area contributed by atoms with Gasteiger partial charge in [0.05, 0.1) is 18.6 Å². The molecule has 2 aromatic rings. The second kappa shape index (κ2) is 19.9. The number of nitrogens with two attached hydrogens (primary N) is 2. The van der Waals surface area contributed by atoms with Gasteiger partial charge in [0, 0.05) is 57.4 Å². The standard InChI is InChI=1S/C39H57N7O4/c1-28(2)23-34(36(48)26-31(15-9-16-40)38(50)45-19-10-20-46(22-21-45)39-42-17-18-43-39)44-37(49)32(24-29-11-5-3-6-12-29)27-35(47)33(41)25-30-13-7-4-8-14-30/h3-8,11-14,28,31-34H,9-10,15-27,40-41H2,1-2H3,(H,42,43)(H,44,49)/t31-,32-,33+,34+/m0/s1. The number of nitrogens with zero attached hydrogens (tertiary/aromatic N) is 3. The molecule has 0 radical (unpaired) electrons. The van der Waals surface area contributed by atoms with E-state index in [9.17, 15) is 19.2 Å². The van der Waals surface area contributed by atoms with Gasteiger partial charge >= 0.3 is 0 Å². The van der Waals surface area contributed by atoms with E-state index in [1.807, 2.05) is 79.4 Å². The molecule has 2 aliphatic rings. The third-order valence-electron chi connectivity index (χ3n) is 9.58. The highest BCUT2D eigenvalue weighted by Gasteiger charge is 2.33. The molecule has 0 unspecified atom stereocenters. The minimum atomic E-state index is -0.784. The predicted octanol–water partition coefficient (Wildman–Crippen LogP) is 2.71. The van der Waals surface area contributed by atoms with E-state index in [2.05, 4.69) is 20.5 Å². The van der Waals surface area contributed by atoms with Crippen molar-refractivity contribution in [3.8, 4) is 0 Å². The first-order chi connectivity index (χ1) is 24.1. The molecule has 11 nitrogen and oxygen atoms in total. The van der Waals surface area contributed by atoms with Crippen molar-refractivity contribution in [2.45, 2.75) is 77.3 Å². The molecule has 0 spiro atoms. The average Bonchev–Trinajstić information content (AvgIpc) is 3.54. The maximum Gasteiger partial charge on any atom is 0.226 e. The van der Waals surface area contributed by atoms with Crippen LogP contribution < -0.4 is 22.1 Å². The number of Topliss-reactive ketones (excluding diaryl/α,β-unsaturated/α-hetero) is 2. The highest BCUT2D eigenvalue weighted by atomic mass is 16.2. The zero-order chi connectivity index (χ0) is 35.9. The van der Waals surface area contributed by atoms with Gasteiger partial charge in [-0.15, -0.1) is 0 Å². The molecule has 1 fully saturated rings. The van der Waals surface area contributed by atoms with Gasteiger partial charge in [0.15, 0.2) is 17.5 Å². The summed E-state index contributed by atoms with van der Waals surface area (Å²) < 4.78 is 0. The smallest absolute Gasteiger partial charge is 0.226 e. The number of ketones is 2. The number of benzene rings is 2. The lowest BCUT2D eigenvalue weighted by atomic mass is 9.87. The number of carbonyl (C=O) groups is 4. The molecule has 0 bridgehead atoms.